The van der Waals surface area contributed by atoms with Crippen LogP contribution in [0.3, 0.4) is 0 Å². The fourth-order valence-corrected chi connectivity index (χ4v) is 2.23. The lowest BCUT2D eigenvalue weighted by atomic mass is 9.85. The highest BCUT2D eigenvalue weighted by molar-refractivity contribution is 5.76. The van der Waals surface area contributed by atoms with Gasteiger partial charge >= 0.3 is 12.1 Å². The van der Waals surface area contributed by atoms with Gasteiger partial charge in [0.05, 0.1) is 13.0 Å². The quantitative estimate of drug-likeness (QED) is 0.745. The molecule has 0 aromatic heterocycles. The molecular formula is C12H19F3N2O3. The van der Waals surface area contributed by atoms with Crippen LogP contribution in [0.25, 0.3) is 0 Å². The van der Waals surface area contributed by atoms with E-state index >= 15 is 0 Å². The van der Waals surface area contributed by atoms with E-state index in [1.54, 1.807) is 4.90 Å². The van der Waals surface area contributed by atoms with E-state index in [-0.39, 0.29) is 18.6 Å². The summed E-state index contributed by atoms with van der Waals surface area (Å²) in [5.41, 5.74) is 0. The molecule has 0 aromatic rings. The van der Waals surface area contributed by atoms with Gasteiger partial charge in [0.25, 0.3) is 0 Å². The number of alkyl halides is 3. The molecule has 1 saturated carbocycles. The predicted molar refractivity (Wildman–Crippen MR) is 65.1 cm³/mol. The number of halogens is 3. The standard InChI is InChI=1S/C12H19F3N2O3/c1-2-17(7-11(19)20)9-5-8(6-9)16-10(18)3-4-12(13,14)15/h8-9H,2-7H2,1H3,(H,16,18)(H,19,20). The van der Waals surface area contributed by atoms with Crippen molar-refractivity contribution in [3.63, 3.8) is 0 Å². The molecule has 0 radical (unpaired) electrons. The van der Waals surface area contributed by atoms with E-state index in [0.717, 1.165) is 0 Å². The van der Waals surface area contributed by atoms with E-state index in [4.69, 9.17) is 5.11 Å². The van der Waals surface area contributed by atoms with Crippen LogP contribution in [0.2, 0.25) is 0 Å². The first-order valence-electron chi connectivity index (χ1n) is 6.53. The highest BCUT2D eigenvalue weighted by Crippen LogP contribution is 2.26. The van der Waals surface area contributed by atoms with Crippen LogP contribution in [0, 0.1) is 0 Å². The van der Waals surface area contributed by atoms with Gasteiger partial charge in [0.2, 0.25) is 5.91 Å². The first kappa shape index (κ1) is 16.7. The number of carbonyl (C=O) groups excluding carboxylic acids is 1. The minimum atomic E-state index is -4.32. The van der Waals surface area contributed by atoms with Crippen molar-refractivity contribution in [2.75, 3.05) is 13.1 Å². The maximum atomic E-state index is 11.9. The topological polar surface area (TPSA) is 69.6 Å². The Morgan fingerprint density at radius 2 is 1.95 bits per heavy atom. The zero-order chi connectivity index (χ0) is 15.3. The lowest BCUT2D eigenvalue weighted by molar-refractivity contribution is -0.145. The molecule has 0 saturated heterocycles. The highest BCUT2D eigenvalue weighted by atomic mass is 19.4. The summed E-state index contributed by atoms with van der Waals surface area (Å²) in [6, 6.07) is -0.0763. The maximum absolute atomic E-state index is 11.9. The largest absolute Gasteiger partial charge is 0.480 e. The Morgan fingerprint density at radius 1 is 1.35 bits per heavy atom. The summed E-state index contributed by atoms with van der Waals surface area (Å²) in [5, 5.41) is 11.3. The molecule has 0 bridgehead atoms. The Labute approximate surface area is 115 Å². The van der Waals surface area contributed by atoms with E-state index < -0.39 is 30.9 Å². The number of nitrogens with one attached hydrogen (secondary N) is 1. The van der Waals surface area contributed by atoms with Gasteiger partial charge < -0.3 is 10.4 Å². The van der Waals surface area contributed by atoms with Crippen LogP contribution < -0.4 is 5.32 Å². The SMILES string of the molecule is CCN(CC(=O)O)C1CC(NC(=O)CCC(F)(F)F)C1. The molecule has 0 aliphatic heterocycles. The Balaban J connectivity index is 2.24. The fourth-order valence-electron chi connectivity index (χ4n) is 2.23. The van der Waals surface area contributed by atoms with Crippen LogP contribution >= 0.6 is 0 Å². The normalized spacial score (nSPS) is 22.4. The molecule has 1 aliphatic carbocycles. The maximum Gasteiger partial charge on any atom is 0.389 e. The van der Waals surface area contributed by atoms with Gasteiger partial charge in [0.1, 0.15) is 0 Å². The minimum absolute atomic E-state index is 0.0596. The smallest absolute Gasteiger partial charge is 0.389 e. The van der Waals surface area contributed by atoms with Crippen molar-refractivity contribution in [3.8, 4) is 0 Å². The zero-order valence-electron chi connectivity index (χ0n) is 11.2. The lowest BCUT2D eigenvalue weighted by Gasteiger charge is -2.42. The molecule has 116 valence electrons. The van der Waals surface area contributed by atoms with Crippen molar-refractivity contribution < 1.29 is 27.9 Å². The van der Waals surface area contributed by atoms with Gasteiger partial charge in [0, 0.05) is 18.5 Å². The Hall–Kier alpha value is -1.31. The van der Waals surface area contributed by atoms with E-state index in [9.17, 15) is 22.8 Å². The second-order valence-electron chi connectivity index (χ2n) is 4.96. The van der Waals surface area contributed by atoms with Gasteiger partial charge in [-0.05, 0) is 19.4 Å². The van der Waals surface area contributed by atoms with Crippen LogP contribution in [-0.4, -0.2) is 53.2 Å². The molecule has 0 aromatic carbocycles. The van der Waals surface area contributed by atoms with Crippen molar-refractivity contribution in [1.29, 1.82) is 0 Å². The number of hydrogen-bond donors (Lipinski definition) is 2. The van der Waals surface area contributed by atoms with Crippen LogP contribution in [0.15, 0.2) is 0 Å². The number of carbonyl (C=O) groups is 2. The minimum Gasteiger partial charge on any atom is -0.480 e. The second-order valence-corrected chi connectivity index (χ2v) is 4.96. The molecule has 0 atom stereocenters. The number of carboxylic acid groups (broad SMARTS) is 1. The summed E-state index contributed by atoms with van der Waals surface area (Å²) < 4.78 is 35.8. The average molecular weight is 296 g/mol. The number of carboxylic acids is 1. The van der Waals surface area contributed by atoms with Gasteiger partial charge in [-0.2, -0.15) is 13.2 Å². The summed E-state index contributed by atoms with van der Waals surface area (Å²) in [6.07, 6.45) is -4.83. The third-order valence-corrected chi connectivity index (χ3v) is 3.37. The molecule has 0 heterocycles. The second kappa shape index (κ2) is 6.92. The summed E-state index contributed by atoms with van der Waals surface area (Å²) >= 11 is 0. The predicted octanol–water partition coefficient (Wildman–Crippen LogP) is 1.38. The van der Waals surface area contributed by atoms with Gasteiger partial charge in [0.15, 0.2) is 0 Å². The van der Waals surface area contributed by atoms with Crippen molar-refractivity contribution in [2.24, 2.45) is 0 Å². The number of nitrogens with zero attached hydrogens (tertiary/aromatic N) is 1. The lowest BCUT2D eigenvalue weighted by Crippen LogP contribution is -2.54. The van der Waals surface area contributed by atoms with Crippen molar-refractivity contribution in [3.05, 3.63) is 0 Å². The van der Waals surface area contributed by atoms with Gasteiger partial charge in [-0.1, -0.05) is 6.92 Å². The van der Waals surface area contributed by atoms with Crippen molar-refractivity contribution in [1.82, 2.24) is 10.2 Å². The molecule has 1 rings (SSSR count). The first-order chi connectivity index (χ1) is 9.21. The first-order valence-corrected chi connectivity index (χ1v) is 6.53. The summed E-state index contributed by atoms with van der Waals surface area (Å²) in [5.74, 6) is -1.52. The van der Waals surface area contributed by atoms with E-state index in [0.29, 0.717) is 19.4 Å². The molecule has 1 fully saturated rings. The van der Waals surface area contributed by atoms with Gasteiger partial charge in [-0.25, -0.2) is 0 Å². The molecule has 8 heteroatoms. The molecule has 5 nitrogen and oxygen atoms in total. The molecule has 2 N–H and O–H groups in total. The zero-order valence-corrected chi connectivity index (χ0v) is 11.2. The number of likely N-dealkylation sites (N-methyl/N-ethyl adjacent to an activating group) is 1. The number of amides is 1. The van der Waals surface area contributed by atoms with Gasteiger partial charge in [-0.3, -0.25) is 14.5 Å². The third-order valence-electron chi connectivity index (χ3n) is 3.37. The number of hydrogen-bond acceptors (Lipinski definition) is 3. The molecular weight excluding hydrogens is 277 g/mol. The molecule has 1 amide bonds. The molecule has 1 aliphatic rings. The monoisotopic (exact) mass is 296 g/mol. The average Bonchev–Trinajstić information content (AvgIpc) is 2.27. The van der Waals surface area contributed by atoms with Crippen LogP contribution in [0.5, 0.6) is 0 Å². The Kier molecular flexibility index (Phi) is 5.79. The van der Waals surface area contributed by atoms with Crippen LogP contribution in [0.4, 0.5) is 13.2 Å². The van der Waals surface area contributed by atoms with E-state index in [1.807, 2.05) is 6.92 Å². The summed E-state index contributed by atoms with van der Waals surface area (Å²) in [7, 11) is 0. The van der Waals surface area contributed by atoms with Crippen LogP contribution in [0.1, 0.15) is 32.6 Å². The summed E-state index contributed by atoms with van der Waals surface area (Å²) in [6.45, 7) is 2.37. The molecule has 0 spiro atoms. The summed E-state index contributed by atoms with van der Waals surface area (Å²) in [4.78, 5) is 23.7. The molecule has 20 heavy (non-hydrogen) atoms. The van der Waals surface area contributed by atoms with Crippen molar-refractivity contribution in [2.45, 2.75) is 50.9 Å². The molecule has 0 unspecified atom stereocenters. The van der Waals surface area contributed by atoms with Crippen molar-refractivity contribution >= 4 is 11.9 Å². The van der Waals surface area contributed by atoms with Gasteiger partial charge in [-0.15, -0.1) is 0 Å². The fraction of sp³-hybridized carbons (Fsp3) is 0.833. The van der Waals surface area contributed by atoms with E-state index in [1.165, 1.54) is 0 Å². The van der Waals surface area contributed by atoms with E-state index in [2.05, 4.69) is 5.32 Å². The number of aliphatic carboxylic acids is 1. The number of rotatable bonds is 7. The third kappa shape index (κ3) is 5.77. The van der Waals surface area contributed by atoms with Crippen LogP contribution in [-0.2, 0) is 9.59 Å². The highest BCUT2D eigenvalue weighted by Gasteiger charge is 2.35. The Bertz CT molecular complexity index is 354. The Morgan fingerprint density at radius 3 is 2.40 bits per heavy atom.